The van der Waals surface area contributed by atoms with Crippen molar-refractivity contribution in [3.63, 3.8) is 0 Å². The molecular weight excluding hydrogens is 406 g/mol. The van der Waals surface area contributed by atoms with Crippen molar-refractivity contribution in [1.29, 1.82) is 0 Å². The summed E-state index contributed by atoms with van der Waals surface area (Å²) in [7, 11) is 0. The molecular formula is C19H19BrF2N2O2. The third-order valence-electron chi connectivity index (χ3n) is 4.83. The zero-order valence-electron chi connectivity index (χ0n) is 14.0. The van der Waals surface area contributed by atoms with Gasteiger partial charge in [-0.2, -0.15) is 0 Å². The fourth-order valence-corrected chi connectivity index (χ4v) is 3.79. The summed E-state index contributed by atoms with van der Waals surface area (Å²) in [5.41, 5.74) is 6.17. The van der Waals surface area contributed by atoms with Crippen LogP contribution in [0.2, 0.25) is 0 Å². The number of nitrogens with two attached hydrogens (primary N) is 1. The Morgan fingerprint density at radius 2 is 1.85 bits per heavy atom. The van der Waals surface area contributed by atoms with E-state index in [0.29, 0.717) is 29.9 Å². The lowest BCUT2D eigenvalue weighted by Crippen LogP contribution is -2.40. The monoisotopic (exact) mass is 424 g/mol. The molecule has 0 bridgehead atoms. The Balaban J connectivity index is 1.92. The number of amides is 1. The number of nitrogens with one attached hydrogen (secondary N) is 1. The van der Waals surface area contributed by atoms with Gasteiger partial charge in [0.1, 0.15) is 11.6 Å². The molecule has 7 heteroatoms. The number of benzene rings is 2. The molecule has 26 heavy (non-hydrogen) atoms. The maximum atomic E-state index is 14.2. The Labute approximate surface area is 158 Å². The van der Waals surface area contributed by atoms with E-state index in [4.69, 9.17) is 10.5 Å². The lowest BCUT2D eigenvalue weighted by Gasteiger charge is -2.38. The second-order valence-electron chi connectivity index (χ2n) is 6.43. The molecule has 0 unspecified atom stereocenters. The summed E-state index contributed by atoms with van der Waals surface area (Å²) in [6.07, 6.45) is 1.46. The van der Waals surface area contributed by atoms with Crippen LogP contribution in [-0.2, 0) is 10.2 Å². The largest absolute Gasteiger partial charge is 0.383 e. The number of rotatable bonds is 5. The van der Waals surface area contributed by atoms with E-state index in [2.05, 4.69) is 21.2 Å². The van der Waals surface area contributed by atoms with Crippen LogP contribution in [0.1, 0.15) is 28.8 Å². The summed E-state index contributed by atoms with van der Waals surface area (Å²) in [4.78, 5) is 11.7. The summed E-state index contributed by atoms with van der Waals surface area (Å²) >= 11 is 3.23. The zero-order chi connectivity index (χ0) is 18.7. The predicted octanol–water partition coefficient (Wildman–Crippen LogP) is 3.99. The molecule has 2 aromatic rings. The van der Waals surface area contributed by atoms with Gasteiger partial charge in [-0.1, -0.05) is 28.1 Å². The smallest absolute Gasteiger partial charge is 0.253 e. The standard InChI is InChI=1S/C19H19BrF2N2O2/c20-13-9-15(22)17(18(23)25)16(10-13)24-11-19(5-7-26-8-6-19)12-1-3-14(21)4-2-12/h1-4,9-10,24H,5-8,11H2,(H2,23,25). The van der Waals surface area contributed by atoms with Crippen LogP contribution >= 0.6 is 15.9 Å². The van der Waals surface area contributed by atoms with Crippen LogP contribution in [0.15, 0.2) is 40.9 Å². The molecule has 1 aliphatic rings. The molecule has 2 aromatic carbocycles. The fourth-order valence-electron chi connectivity index (χ4n) is 3.36. The van der Waals surface area contributed by atoms with Crippen molar-refractivity contribution < 1.29 is 18.3 Å². The second kappa shape index (κ2) is 7.72. The van der Waals surface area contributed by atoms with E-state index in [1.165, 1.54) is 18.2 Å². The van der Waals surface area contributed by atoms with Gasteiger partial charge in [-0.15, -0.1) is 0 Å². The molecule has 1 heterocycles. The summed E-state index contributed by atoms with van der Waals surface area (Å²) in [5, 5.41) is 3.18. The van der Waals surface area contributed by atoms with E-state index in [1.54, 1.807) is 18.2 Å². The SMILES string of the molecule is NC(=O)c1c(F)cc(Br)cc1NCC1(c2ccc(F)cc2)CCOCC1. The topological polar surface area (TPSA) is 64.4 Å². The first-order chi connectivity index (χ1) is 12.4. The van der Waals surface area contributed by atoms with Crippen molar-refractivity contribution in [3.05, 3.63) is 63.6 Å². The minimum atomic E-state index is -0.833. The molecule has 1 saturated heterocycles. The fraction of sp³-hybridized carbons (Fsp3) is 0.316. The Morgan fingerprint density at radius 3 is 2.46 bits per heavy atom. The first kappa shape index (κ1) is 18.8. The quantitative estimate of drug-likeness (QED) is 0.762. The van der Waals surface area contributed by atoms with Gasteiger partial charge in [0.15, 0.2) is 0 Å². The van der Waals surface area contributed by atoms with Crippen molar-refractivity contribution >= 4 is 27.5 Å². The predicted molar refractivity (Wildman–Crippen MR) is 99.2 cm³/mol. The Hall–Kier alpha value is -1.99. The summed E-state index contributed by atoms with van der Waals surface area (Å²) in [5.74, 6) is -1.81. The van der Waals surface area contributed by atoms with E-state index < -0.39 is 11.7 Å². The molecule has 4 nitrogen and oxygen atoms in total. The molecule has 0 radical (unpaired) electrons. The summed E-state index contributed by atoms with van der Waals surface area (Å²) in [6, 6.07) is 9.22. The lowest BCUT2D eigenvalue weighted by molar-refractivity contribution is 0.0543. The molecule has 0 saturated carbocycles. The molecule has 1 fully saturated rings. The van der Waals surface area contributed by atoms with Gasteiger partial charge in [0.2, 0.25) is 0 Å². The van der Waals surface area contributed by atoms with Gasteiger partial charge in [-0.05, 0) is 42.7 Å². The van der Waals surface area contributed by atoms with Gasteiger partial charge in [0.25, 0.3) is 5.91 Å². The van der Waals surface area contributed by atoms with Crippen LogP contribution in [0.25, 0.3) is 0 Å². The van der Waals surface area contributed by atoms with Crippen LogP contribution in [-0.4, -0.2) is 25.7 Å². The van der Waals surface area contributed by atoms with Crippen molar-refractivity contribution in [2.24, 2.45) is 5.73 Å². The van der Waals surface area contributed by atoms with E-state index in [0.717, 1.165) is 18.4 Å². The van der Waals surface area contributed by atoms with Crippen LogP contribution in [0.4, 0.5) is 14.5 Å². The second-order valence-corrected chi connectivity index (χ2v) is 7.34. The van der Waals surface area contributed by atoms with Gasteiger partial charge < -0.3 is 15.8 Å². The van der Waals surface area contributed by atoms with E-state index in [-0.39, 0.29) is 16.8 Å². The summed E-state index contributed by atoms with van der Waals surface area (Å²) < 4.78 is 33.5. The number of carbonyl (C=O) groups is 1. The van der Waals surface area contributed by atoms with Crippen molar-refractivity contribution in [2.75, 3.05) is 25.1 Å². The number of carbonyl (C=O) groups excluding carboxylic acids is 1. The van der Waals surface area contributed by atoms with Gasteiger partial charge >= 0.3 is 0 Å². The molecule has 138 valence electrons. The highest BCUT2D eigenvalue weighted by Gasteiger charge is 2.34. The zero-order valence-corrected chi connectivity index (χ0v) is 15.6. The molecule has 1 amide bonds. The van der Waals surface area contributed by atoms with E-state index >= 15 is 0 Å². The van der Waals surface area contributed by atoms with Crippen LogP contribution < -0.4 is 11.1 Å². The Kier molecular flexibility index (Phi) is 5.58. The van der Waals surface area contributed by atoms with Gasteiger partial charge in [-0.25, -0.2) is 8.78 Å². The number of ether oxygens (including phenoxy) is 1. The molecule has 0 aliphatic carbocycles. The minimum Gasteiger partial charge on any atom is -0.383 e. The molecule has 0 atom stereocenters. The number of hydrogen-bond donors (Lipinski definition) is 2. The third kappa shape index (κ3) is 3.88. The van der Waals surface area contributed by atoms with E-state index in [9.17, 15) is 13.6 Å². The molecule has 1 aliphatic heterocycles. The number of hydrogen-bond acceptors (Lipinski definition) is 3. The van der Waals surface area contributed by atoms with Crippen LogP contribution in [0, 0.1) is 11.6 Å². The van der Waals surface area contributed by atoms with E-state index in [1.807, 2.05) is 0 Å². The maximum absolute atomic E-state index is 14.2. The van der Waals surface area contributed by atoms with Crippen LogP contribution in [0.3, 0.4) is 0 Å². The average Bonchev–Trinajstić information content (AvgIpc) is 2.60. The molecule has 3 rings (SSSR count). The highest BCUT2D eigenvalue weighted by molar-refractivity contribution is 9.10. The first-order valence-electron chi connectivity index (χ1n) is 8.28. The van der Waals surface area contributed by atoms with Gasteiger partial charge in [-0.3, -0.25) is 4.79 Å². The highest BCUT2D eigenvalue weighted by atomic mass is 79.9. The van der Waals surface area contributed by atoms with Crippen LogP contribution in [0.5, 0.6) is 0 Å². The Morgan fingerprint density at radius 1 is 1.19 bits per heavy atom. The lowest BCUT2D eigenvalue weighted by atomic mass is 9.74. The third-order valence-corrected chi connectivity index (χ3v) is 5.28. The molecule has 0 aromatic heterocycles. The first-order valence-corrected chi connectivity index (χ1v) is 9.07. The van der Waals surface area contributed by atoms with Crippen molar-refractivity contribution in [1.82, 2.24) is 0 Å². The number of primary amides is 1. The average molecular weight is 425 g/mol. The number of anilines is 1. The van der Waals surface area contributed by atoms with Gasteiger partial charge in [0, 0.05) is 29.6 Å². The highest BCUT2D eigenvalue weighted by Crippen LogP contribution is 2.36. The normalized spacial score (nSPS) is 16.3. The Bertz CT molecular complexity index is 806. The van der Waals surface area contributed by atoms with Crippen molar-refractivity contribution in [3.8, 4) is 0 Å². The molecule has 3 N–H and O–H groups in total. The maximum Gasteiger partial charge on any atom is 0.253 e. The number of halogens is 3. The van der Waals surface area contributed by atoms with Crippen molar-refractivity contribution in [2.45, 2.75) is 18.3 Å². The molecule has 0 spiro atoms. The minimum absolute atomic E-state index is 0.172. The summed E-state index contributed by atoms with van der Waals surface area (Å²) in [6.45, 7) is 1.60. The van der Waals surface area contributed by atoms with Gasteiger partial charge in [0.05, 0.1) is 11.3 Å².